The summed E-state index contributed by atoms with van der Waals surface area (Å²) in [6.45, 7) is 4.02. The van der Waals surface area contributed by atoms with Crippen molar-refractivity contribution in [3.63, 3.8) is 0 Å². The highest BCUT2D eigenvalue weighted by Gasteiger charge is 1.90. The third-order valence-corrected chi connectivity index (χ3v) is 1.39. The van der Waals surface area contributed by atoms with E-state index in [9.17, 15) is 0 Å². The summed E-state index contributed by atoms with van der Waals surface area (Å²) in [6.07, 6.45) is 10.7. The van der Waals surface area contributed by atoms with Gasteiger partial charge in [0.15, 0.2) is 0 Å². The van der Waals surface area contributed by atoms with Crippen molar-refractivity contribution in [2.45, 2.75) is 26.7 Å². The van der Waals surface area contributed by atoms with Gasteiger partial charge in [0, 0.05) is 12.1 Å². The second-order valence-electron chi connectivity index (χ2n) is 2.43. The molecule has 0 bridgehead atoms. The highest BCUT2D eigenvalue weighted by Crippen LogP contribution is 2.03. The Balaban J connectivity index is 4.18. The Morgan fingerprint density at radius 2 is 2.27 bits per heavy atom. The number of terminal acetylenes is 1. The van der Waals surface area contributed by atoms with Gasteiger partial charge in [-0.2, -0.15) is 0 Å². The fourth-order valence-corrected chi connectivity index (χ4v) is 0.642. The van der Waals surface area contributed by atoms with E-state index in [0.717, 1.165) is 17.7 Å². The van der Waals surface area contributed by atoms with Gasteiger partial charge in [-0.1, -0.05) is 13.0 Å². The summed E-state index contributed by atoms with van der Waals surface area (Å²) in [5.74, 6) is 2.55. The molecule has 0 aromatic rings. The minimum absolute atomic E-state index is 0.639. The summed E-state index contributed by atoms with van der Waals surface area (Å²) in [6, 6.07) is 0. The van der Waals surface area contributed by atoms with E-state index in [1.807, 2.05) is 19.1 Å². The van der Waals surface area contributed by atoms with Crippen LogP contribution in [0.2, 0.25) is 0 Å². The Kier molecular flexibility index (Phi) is 5.02. The van der Waals surface area contributed by atoms with E-state index in [4.69, 9.17) is 12.2 Å². The molecule has 0 aliphatic rings. The largest absolute Gasteiger partial charge is 0.399 e. The molecule has 0 amide bonds. The Labute approximate surface area is 69.0 Å². The van der Waals surface area contributed by atoms with Crippen LogP contribution in [0, 0.1) is 12.3 Å². The van der Waals surface area contributed by atoms with E-state index in [0.29, 0.717) is 6.42 Å². The molecule has 0 fully saturated rings. The summed E-state index contributed by atoms with van der Waals surface area (Å²) < 4.78 is 0. The maximum Gasteiger partial charge on any atom is 0.0317 e. The lowest BCUT2D eigenvalue weighted by Crippen LogP contribution is -1.96. The van der Waals surface area contributed by atoms with E-state index >= 15 is 0 Å². The molecule has 0 aliphatic heterocycles. The first kappa shape index (κ1) is 9.84. The summed E-state index contributed by atoms with van der Waals surface area (Å²) in [5.41, 5.74) is 7.55. The van der Waals surface area contributed by atoms with E-state index < -0.39 is 0 Å². The zero-order chi connectivity index (χ0) is 8.69. The standard InChI is InChI=1S/C10H15N/c1-4-6-8-10(11)9(3)7-5-2/h2,6,8H,4,7,11H2,1,3H3/b8-6-,10-9+. The zero-order valence-corrected chi connectivity index (χ0v) is 7.22. The quantitative estimate of drug-likeness (QED) is 0.483. The van der Waals surface area contributed by atoms with Crippen molar-refractivity contribution in [1.29, 1.82) is 0 Å². The van der Waals surface area contributed by atoms with Crippen LogP contribution < -0.4 is 5.73 Å². The van der Waals surface area contributed by atoms with Crippen molar-refractivity contribution < 1.29 is 0 Å². The number of hydrogen-bond donors (Lipinski definition) is 1. The van der Waals surface area contributed by atoms with Gasteiger partial charge in [0.05, 0.1) is 0 Å². The smallest absolute Gasteiger partial charge is 0.0317 e. The number of rotatable bonds is 3. The highest BCUT2D eigenvalue weighted by molar-refractivity contribution is 5.23. The summed E-state index contributed by atoms with van der Waals surface area (Å²) >= 11 is 0. The fourth-order valence-electron chi connectivity index (χ4n) is 0.642. The Morgan fingerprint density at radius 1 is 1.64 bits per heavy atom. The molecule has 0 spiro atoms. The van der Waals surface area contributed by atoms with Crippen molar-refractivity contribution in [2.75, 3.05) is 0 Å². The molecule has 0 aromatic heterocycles. The number of nitrogens with two attached hydrogens (primary N) is 1. The molecule has 0 rings (SSSR count). The minimum Gasteiger partial charge on any atom is -0.399 e. The molecule has 0 aromatic carbocycles. The molecule has 11 heavy (non-hydrogen) atoms. The van der Waals surface area contributed by atoms with Gasteiger partial charge in [-0.25, -0.2) is 0 Å². The van der Waals surface area contributed by atoms with Crippen molar-refractivity contribution in [1.82, 2.24) is 0 Å². The van der Waals surface area contributed by atoms with Crippen LogP contribution in [0.3, 0.4) is 0 Å². The van der Waals surface area contributed by atoms with Gasteiger partial charge in [0.1, 0.15) is 0 Å². The second-order valence-corrected chi connectivity index (χ2v) is 2.43. The third kappa shape index (κ3) is 4.27. The Bertz CT molecular complexity index is 203. The molecule has 0 saturated carbocycles. The lowest BCUT2D eigenvalue weighted by Gasteiger charge is -1.97. The van der Waals surface area contributed by atoms with Crippen LogP contribution in [0.25, 0.3) is 0 Å². The van der Waals surface area contributed by atoms with Crippen molar-refractivity contribution in [3.05, 3.63) is 23.4 Å². The SMILES string of the molecule is C#CC/C(C)=C(N)\C=C/CC. The number of hydrogen-bond acceptors (Lipinski definition) is 1. The Morgan fingerprint density at radius 3 is 2.73 bits per heavy atom. The third-order valence-electron chi connectivity index (χ3n) is 1.39. The summed E-state index contributed by atoms with van der Waals surface area (Å²) in [5, 5.41) is 0. The maximum absolute atomic E-state index is 5.69. The monoisotopic (exact) mass is 149 g/mol. The van der Waals surface area contributed by atoms with Crippen LogP contribution in [0.15, 0.2) is 23.4 Å². The van der Waals surface area contributed by atoms with E-state index in [2.05, 4.69) is 12.8 Å². The normalized spacial score (nSPS) is 12.8. The van der Waals surface area contributed by atoms with Gasteiger partial charge in [-0.3, -0.25) is 0 Å². The summed E-state index contributed by atoms with van der Waals surface area (Å²) in [7, 11) is 0. The van der Waals surface area contributed by atoms with Crippen LogP contribution in [0.4, 0.5) is 0 Å². The first-order valence-corrected chi connectivity index (χ1v) is 3.77. The van der Waals surface area contributed by atoms with Crippen molar-refractivity contribution >= 4 is 0 Å². The predicted molar refractivity (Wildman–Crippen MR) is 49.8 cm³/mol. The zero-order valence-electron chi connectivity index (χ0n) is 7.22. The first-order valence-electron chi connectivity index (χ1n) is 3.77. The first-order chi connectivity index (χ1) is 5.22. The van der Waals surface area contributed by atoms with Crippen LogP contribution in [-0.2, 0) is 0 Å². The highest BCUT2D eigenvalue weighted by atomic mass is 14.6. The number of allylic oxidation sites excluding steroid dienone is 3. The lowest BCUT2D eigenvalue weighted by atomic mass is 10.1. The molecule has 0 aliphatic carbocycles. The topological polar surface area (TPSA) is 26.0 Å². The molecule has 0 heterocycles. The molecule has 1 nitrogen and oxygen atoms in total. The second kappa shape index (κ2) is 5.61. The van der Waals surface area contributed by atoms with Crippen LogP contribution >= 0.6 is 0 Å². The van der Waals surface area contributed by atoms with Crippen LogP contribution in [-0.4, -0.2) is 0 Å². The van der Waals surface area contributed by atoms with Gasteiger partial charge in [-0.15, -0.1) is 12.3 Å². The molecule has 1 heteroatoms. The molecular weight excluding hydrogens is 134 g/mol. The molecule has 0 unspecified atom stereocenters. The van der Waals surface area contributed by atoms with Gasteiger partial charge >= 0.3 is 0 Å². The van der Waals surface area contributed by atoms with E-state index in [1.165, 1.54) is 0 Å². The Hall–Kier alpha value is -1.16. The average molecular weight is 149 g/mol. The van der Waals surface area contributed by atoms with Gasteiger partial charge in [0.25, 0.3) is 0 Å². The van der Waals surface area contributed by atoms with Crippen LogP contribution in [0.1, 0.15) is 26.7 Å². The lowest BCUT2D eigenvalue weighted by molar-refractivity contribution is 1.15. The molecule has 60 valence electrons. The van der Waals surface area contributed by atoms with Crippen molar-refractivity contribution in [3.8, 4) is 12.3 Å². The molecule has 2 N–H and O–H groups in total. The van der Waals surface area contributed by atoms with Gasteiger partial charge in [-0.05, 0) is 25.0 Å². The molecule has 0 radical (unpaired) electrons. The van der Waals surface area contributed by atoms with E-state index in [1.54, 1.807) is 0 Å². The minimum atomic E-state index is 0.639. The van der Waals surface area contributed by atoms with E-state index in [-0.39, 0.29) is 0 Å². The van der Waals surface area contributed by atoms with Crippen LogP contribution in [0.5, 0.6) is 0 Å². The maximum atomic E-state index is 5.69. The van der Waals surface area contributed by atoms with Gasteiger partial charge in [0.2, 0.25) is 0 Å². The molecule has 0 atom stereocenters. The van der Waals surface area contributed by atoms with Crippen molar-refractivity contribution in [2.24, 2.45) is 5.73 Å². The van der Waals surface area contributed by atoms with Gasteiger partial charge < -0.3 is 5.73 Å². The molecular formula is C10H15N. The average Bonchev–Trinajstić information content (AvgIpc) is 2.00. The molecule has 0 saturated heterocycles. The predicted octanol–water partition coefficient (Wildman–Crippen LogP) is 2.21. The fraction of sp³-hybridized carbons (Fsp3) is 0.400. The summed E-state index contributed by atoms with van der Waals surface area (Å²) in [4.78, 5) is 0.